The predicted octanol–water partition coefficient (Wildman–Crippen LogP) is 5.22. The van der Waals surface area contributed by atoms with Gasteiger partial charge in [-0.25, -0.2) is 9.18 Å². The third kappa shape index (κ3) is 4.89. The molecule has 0 saturated carbocycles. The van der Waals surface area contributed by atoms with Gasteiger partial charge < -0.3 is 24.5 Å². The maximum Gasteiger partial charge on any atom is 0.352 e. The maximum atomic E-state index is 13.4. The van der Waals surface area contributed by atoms with Crippen molar-refractivity contribution in [3.8, 4) is 11.5 Å². The van der Waals surface area contributed by atoms with E-state index in [2.05, 4.69) is 5.32 Å². The van der Waals surface area contributed by atoms with E-state index in [9.17, 15) is 14.3 Å². The van der Waals surface area contributed by atoms with Crippen LogP contribution in [0.3, 0.4) is 0 Å². The van der Waals surface area contributed by atoms with Gasteiger partial charge in [0.25, 0.3) is 0 Å². The smallest absolute Gasteiger partial charge is 0.352 e. The standard InChI is InChI=1S/C27H27FN2O4/c1-3-34-25-7-5-4-6-19(25)15-29-16-23-22-13-12-21(33-2)14-24(22)30(26(23)27(31)32)17-18-8-10-20(28)11-9-18/h4-14,29H,3,15-17H2,1-2H3,(H,31,32). The van der Waals surface area contributed by atoms with Gasteiger partial charge >= 0.3 is 5.97 Å². The van der Waals surface area contributed by atoms with Crippen molar-refractivity contribution in [3.05, 3.63) is 94.9 Å². The average molecular weight is 463 g/mol. The molecule has 0 aliphatic heterocycles. The summed E-state index contributed by atoms with van der Waals surface area (Å²) in [6, 6.07) is 19.4. The molecule has 1 heterocycles. The number of carbonyl (C=O) groups is 1. The molecular weight excluding hydrogens is 435 g/mol. The number of benzene rings is 3. The van der Waals surface area contributed by atoms with E-state index < -0.39 is 5.97 Å². The van der Waals surface area contributed by atoms with E-state index >= 15 is 0 Å². The van der Waals surface area contributed by atoms with Crippen molar-refractivity contribution >= 4 is 16.9 Å². The zero-order valence-electron chi connectivity index (χ0n) is 19.2. The van der Waals surface area contributed by atoms with Gasteiger partial charge in [-0.1, -0.05) is 30.3 Å². The normalized spacial score (nSPS) is 11.0. The number of para-hydroxylation sites is 1. The first-order valence-corrected chi connectivity index (χ1v) is 11.1. The van der Waals surface area contributed by atoms with Gasteiger partial charge in [0, 0.05) is 42.2 Å². The van der Waals surface area contributed by atoms with Gasteiger partial charge in [-0.3, -0.25) is 0 Å². The van der Waals surface area contributed by atoms with Crippen LogP contribution in [0.4, 0.5) is 4.39 Å². The molecule has 0 unspecified atom stereocenters. The predicted molar refractivity (Wildman–Crippen MR) is 129 cm³/mol. The summed E-state index contributed by atoms with van der Waals surface area (Å²) in [5.41, 5.74) is 3.42. The number of ether oxygens (including phenoxy) is 2. The Hall–Kier alpha value is -3.84. The molecule has 0 aliphatic carbocycles. The topological polar surface area (TPSA) is 72.7 Å². The Morgan fingerprint density at radius 3 is 2.53 bits per heavy atom. The lowest BCUT2D eigenvalue weighted by Gasteiger charge is -2.12. The van der Waals surface area contributed by atoms with Crippen LogP contribution >= 0.6 is 0 Å². The number of hydrogen-bond acceptors (Lipinski definition) is 4. The van der Waals surface area contributed by atoms with Crippen molar-refractivity contribution in [1.82, 2.24) is 9.88 Å². The zero-order chi connectivity index (χ0) is 24.1. The summed E-state index contributed by atoms with van der Waals surface area (Å²) < 4.78 is 26.2. The molecule has 0 atom stereocenters. The summed E-state index contributed by atoms with van der Waals surface area (Å²) in [5.74, 6) is 0.0779. The molecule has 0 aliphatic rings. The van der Waals surface area contributed by atoms with Crippen LogP contribution in [0.1, 0.15) is 34.1 Å². The third-order valence-electron chi connectivity index (χ3n) is 5.72. The molecule has 0 spiro atoms. The molecule has 34 heavy (non-hydrogen) atoms. The fourth-order valence-electron chi connectivity index (χ4n) is 4.16. The number of methoxy groups -OCH3 is 1. The van der Waals surface area contributed by atoms with Crippen LogP contribution in [-0.2, 0) is 19.6 Å². The monoisotopic (exact) mass is 462 g/mol. The number of fused-ring (bicyclic) bond motifs is 1. The highest BCUT2D eigenvalue weighted by molar-refractivity contribution is 5.98. The van der Waals surface area contributed by atoms with E-state index in [1.165, 1.54) is 12.1 Å². The number of nitrogens with zero attached hydrogens (tertiary/aromatic N) is 1. The Balaban J connectivity index is 1.71. The Morgan fingerprint density at radius 2 is 1.82 bits per heavy atom. The van der Waals surface area contributed by atoms with Gasteiger partial charge in [-0.2, -0.15) is 0 Å². The zero-order valence-corrected chi connectivity index (χ0v) is 19.2. The first-order valence-electron chi connectivity index (χ1n) is 11.1. The molecule has 0 bridgehead atoms. The largest absolute Gasteiger partial charge is 0.497 e. The summed E-state index contributed by atoms with van der Waals surface area (Å²) in [5, 5.41) is 14.4. The molecule has 3 aromatic carbocycles. The summed E-state index contributed by atoms with van der Waals surface area (Å²) in [6.45, 7) is 3.67. The summed E-state index contributed by atoms with van der Waals surface area (Å²) in [4.78, 5) is 12.4. The quantitative estimate of drug-likeness (QED) is 0.338. The minimum absolute atomic E-state index is 0.193. The van der Waals surface area contributed by atoms with Crippen molar-refractivity contribution in [3.63, 3.8) is 0 Å². The molecule has 4 aromatic rings. The number of aromatic carboxylic acids is 1. The number of rotatable bonds is 10. The number of nitrogens with one attached hydrogen (secondary N) is 1. The van der Waals surface area contributed by atoms with Gasteiger partial charge in [-0.15, -0.1) is 0 Å². The Morgan fingerprint density at radius 1 is 1.06 bits per heavy atom. The van der Waals surface area contributed by atoms with Crippen molar-refractivity contribution in [2.24, 2.45) is 0 Å². The van der Waals surface area contributed by atoms with Gasteiger partial charge in [0.2, 0.25) is 0 Å². The number of aromatic nitrogens is 1. The summed E-state index contributed by atoms with van der Waals surface area (Å²) in [7, 11) is 1.57. The lowest BCUT2D eigenvalue weighted by Crippen LogP contribution is -2.17. The Labute approximate surface area is 197 Å². The molecule has 0 saturated heterocycles. The highest BCUT2D eigenvalue weighted by Gasteiger charge is 2.23. The lowest BCUT2D eigenvalue weighted by molar-refractivity contribution is 0.0684. The minimum atomic E-state index is -1.02. The second kappa shape index (κ2) is 10.4. The average Bonchev–Trinajstić information content (AvgIpc) is 3.14. The van der Waals surface area contributed by atoms with Crippen molar-refractivity contribution < 1.29 is 23.8 Å². The van der Waals surface area contributed by atoms with Gasteiger partial charge in [0.15, 0.2) is 0 Å². The lowest BCUT2D eigenvalue weighted by atomic mass is 10.1. The van der Waals surface area contributed by atoms with E-state index in [1.807, 2.05) is 49.4 Å². The van der Waals surface area contributed by atoms with E-state index in [4.69, 9.17) is 9.47 Å². The second-order valence-electron chi connectivity index (χ2n) is 7.87. The van der Waals surface area contributed by atoms with Crippen LogP contribution < -0.4 is 14.8 Å². The number of hydrogen-bond donors (Lipinski definition) is 2. The van der Waals surface area contributed by atoms with Crippen LogP contribution in [0.5, 0.6) is 11.5 Å². The number of carboxylic acids is 1. The molecule has 0 radical (unpaired) electrons. The molecule has 176 valence electrons. The summed E-state index contributed by atoms with van der Waals surface area (Å²) in [6.07, 6.45) is 0. The minimum Gasteiger partial charge on any atom is -0.497 e. The van der Waals surface area contributed by atoms with E-state index in [1.54, 1.807) is 23.8 Å². The van der Waals surface area contributed by atoms with Crippen molar-refractivity contribution in [2.45, 2.75) is 26.6 Å². The first kappa shape index (κ1) is 23.3. The van der Waals surface area contributed by atoms with E-state index in [0.717, 1.165) is 27.8 Å². The molecule has 4 rings (SSSR count). The first-order chi connectivity index (χ1) is 16.5. The van der Waals surface area contributed by atoms with Gasteiger partial charge in [0.05, 0.1) is 19.2 Å². The van der Waals surface area contributed by atoms with Crippen LogP contribution in [0.2, 0.25) is 0 Å². The molecule has 7 heteroatoms. The third-order valence-corrected chi connectivity index (χ3v) is 5.72. The van der Waals surface area contributed by atoms with Crippen LogP contribution in [0.25, 0.3) is 10.9 Å². The van der Waals surface area contributed by atoms with Gasteiger partial charge in [0.1, 0.15) is 23.0 Å². The SMILES string of the molecule is CCOc1ccccc1CNCc1c(C(=O)O)n(Cc2ccc(F)cc2)c2cc(OC)ccc12. The Bertz CT molecular complexity index is 1300. The van der Waals surface area contributed by atoms with E-state index in [0.29, 0.717) is 37.6 Å². The fourth-order valence-corrected chi connectivity index (χ4v) is 4.16. The van der Waals surface area contributed by atoms with E-state index in [-0.39, 0.29) is 11.5 Å². The second-order valence-corrected chi connectivity index (χ2v) is 7.87. The number of halogens is 1. The van der Waals surface area contributed by atoms with Gasteiger partial charge in [-0.05, 0) is 42.8 Å². The molecule has 0 fully saturated rings. The fraction of sp³-hybridized carbons (Fsp3) is 0.222. The van der Waals surface area contributed by atoms with Crippen LogP contribution in [-0.4, -0.2) is 29.4 Å². The summed E-state index contributed by atoms with van der Waals surface area (Å²) >= 11 is 0. The number of carboxylic acid groups (broad SMARTS) is 1. The maximum absolute atomic E-state index is 13.4. The van der Waals surface area contributed by atoms with Crippen molar-refractivity contribution in [2.75, 3.05) is 13.7 Å². The Kier molecular flexibility index (Phi) is 7.13. The molecule has 1 aromatic heterocycles. The highest BCUT2D eigenvalue weighted by Crippen LogP contribution is 2.31. The molecule has 0 amide bonds. The molecule has 6 nitrogen and oxygen atoms in total. The highest BCUT2D eigenvalue weighted by atomic mass is 19.1. The van der Waals surface area contributed by atoms with Crippen LogP contribution in [0.15, 0.2) is 66.7 Å². The molecular formula is C27H27FN2O4. The molecule has 2 N–H and O–H groups in total. The van der Waals surface area contributed by atoms with Crippen LogP contribution in [0, 0.1) is 5.82 Å². The van der Waals surface area contributed by atoms with Crippen molar-refractivity contribution in [1.29, 1.82) is 0 Å².